The molecule has 1 N–H and O–H groups in total. The first kappa shape index (κ1) is 19.1. The summed E-state index contributed by atoms with van der Waals surface area (Å²) in [6, 6.07) is 9.54. The molecule has 2 aromatic heterocycles. The van der Waals surface area contributed by atoms with Crippen molar-refractivity contribution in [3.8, 4) is 11.5 Å². The zero-order chi connectivity index (χ0) is 21.8. The molecular weight excluding hydrogens is 400 g/mol. The summed E-state index contributed by atoms with van der Waals surface area (Å²) in [5, 5.41) is 2.76. The van der Waals surface area contributed by atoms with Gasteiger partial charge in [-0.2, -0.15) is 0 Å². The number of imide groups is 1. The zero-order valence-electron chi connectivity index (χ0n) is 17.0. The van der Waals surface area contributed by atoms with Crippen molar-refractivity contribution < 1.29 is 19.1 Å². The number of rotatable bonds is 3. The summed E-state index contributed by atoms with van der Waals surface area (Å²) in [5.41, 5.74) is 0.788. The van der Waals surface area contributed by atoms with Crippen molar-refractivity contribution in [2.45, 2.75) is 25.9 Å². The number of aryl methyl sites for hydroxylation is 1. The molecule has 5 rings (SSSR count). The van der Waals surface area contributed by atoms with E-state index >= 15 is 0 Å². The van der Waals surface area contributed by atoms with E-state index in [0.29, 0.717) is 41.6 Å². The van der Waals surface area contributed by atoms with Gasteiger partial charge in [0.2, 0.25) is 0 Å². The number of nitrogens with zero attached hydrogens (tertiary/aromatic N) is 3. The molecule has 0 radical (unpaired) electrons. The number of pyridine rings is 1. The van der Waals surface area contributed by atoms with E-state index in [1.807, 2.05) is 13.0 Å². The minimum absolute atomic E-state index is 0.107. The number of hydrogen-bond acceptors (Lipinski definition) is 6. The smallest absolute Gasteiger partial charge is 0.325 e. The molecule has 1 saturated heterocycles. The predicted molar refractivity (Wildman–Crippen MR) is 110 cm³/mol. The number of benzene rings is 1. The molecule has 3 amide bonds. The van der Waals surface area contributed by atoms with Crippen molar-refractivity contribution in [3.05, 3.63) is 69.8 Å². The van der Waals surface area contributed by atoms with E-state index in [4.69, 9.17) is 9.47 Å². The highest BCUT2D eigenvalue weighted by molar-refractivity contribution is 6.07. The van der Waals surface area contributed by atoms with Crippen LogP contribution in [-0.4, -0.2) is 39.4 Å². The first-order chi connectivity index (χ1) is 14.8. The third-order valence-corrected chi connectivity index (χ3v) is 5.59. The van der Waals surface area contributed by atoms with Crippen molar-refractivity contribution in [1.82, 2.24) is 19.6 Å². The average Bonchev–Trinajstić information content (AvgIpc) is 2.97. The molecule has 1 fully saturated rings. The first-order valence-corrected chi connectivity index (χ1v) is 9.88. The number of carbonyl (C=O) groups is 2. The van der Waals surface area contributed by atoms with Crippen LogP contribution in [0.15, 0.2) is 47.4 Å². The van der Waals surface area contributed by atoms with Crippen molar-refractivity contribution in [2.75, 3.05) is 13.2 Å². The third-order valence-electron chi connectivity index (χ3n) is 5.59. The molecule has 0 saturated carbocycles. The number of hydrogen-bond donors (Lipinski definition) is 1. The van der Waals surface area contributed by atoms with Crippen LogP contribution in [0.5, 0.6) is 11.5 Å². The standard InChI is InChI=1S/C22H20N4O5/c1-13-5-6-25-18(9-13)23-15(11-19(25)27)12-26-20(28)22(2,24-21(26)29)14-3-4-16-17(10-14)31-8-7-30-16/h3-6,9-11H,7-8,12H2,1-2H3,(H,24,29). The Morgan fingerprint density at radius 3 is 2.65 bits per heavy atom. The van der Waals surface area contributed by atoms with Crippen LogP contribution < -0.4 is 20.3 Å². The van der Waals surface area contributed by atoms with Gasteiger partial charge in [-0.15, -0.1) is 0 Å². The van der Waals surface area contributed by atoms with Crippen LogP contribution in [0.2, 0.25) is 0 Å². The zero-order valence-corrected chi connectivity index (χ0v) is 17.0. The summed E-state index contributed by atoms with van der Waals surface area (Å²) in [6.07, 6.45) is 1.65. The molecule has 0 spiro atoms. The number of aromatic nitrogens is 2. The summed E-state index contributed by atoms with van der Waals surface area (Å²) in [7, 11) is 0. The Kier molecular flexibility index (Phi) is 4.21. The van der Waals surface area contributed by atoms with Crippen molar-refractivity contribution in [3.63, 3.8) is 0 Å². The molecule has 2 aliphatic rings. The highest BCUT2D eigenvalue weighted by atomic mass is 16.6. The van der Waals surface area contributed by atoms with Gasteiger partial charge in [0, 0.05) is 12.3 Å². The van der Waals surface area contributed by atoms with Gasteiger partial charge < -0.3 is 14.8 Å². The van der Waals surface area contributed by atoms with Gasteiger partial charge in [0.25, 0.3) is 11.5 Å². The molecule has 4 heterocycles. The van der Waals surface area contributed by atoms with Gasteiger partial charge in [-0.25, -0.2) is 9.78 Å². The van der Waals surface area contributed by atoms with Crippen LogP contribution in [-0.2, 0) is 16.9 Å². The average molecular weight is 420 g/mol. The largest absolute Gasteiger partial charge is 0.486 e. The second-order valence-electron chi connectivity index (χ2n) is 7.82. The summed E-state index contributed by atoms with van der Waals surface area (Å²) >= 11 is 0. The van der Waals surface area contributed by atoms with Crippen molar-refractivity contribution in [2.24, 2.45) is 0 Å². The quantitative estimate of drug-likeness (QED) is 0.648. The van der Waals surface area contributed by atoms with Gasteiger partial charge >= 0.3 is 6.03 Å². The highest BCUT2D eigenvalue weighted by Crippen LogP contribution is 2.37. The van der Waals surface area contributed by atoms with E-state index in [0.717, 1.165) is 10.5 Å². The summed E-state index contributed by atoms with van der Waals surface area (Å²) in [5.74, 6) is 0.703. The highest BCUT2D eigenvalue weighted by Gasteiger charge is 2.49. The molecule has 2 aliphatic heterocycles. The lowest BCUT2D eigenvalue weighted by molar-refractivity contribution is -0.131. The molecule has 158 valence electrons. The molecule has 9 nitrogen and oxygen atoms in total. The minimum Gasteiger partial charge on any atom is -0.486 e. The van der Waals surface area contributed by atoms with E-state index < -0.39 is 17.5 Å². The lowest BCUT2D eigenvalue weighted by Gasteiger charge is -2.25. The molecule has 0 aliphatic carbocycles. The summed E-state index contributed by atoms with van der Waals surface area (Å²) in [4.78, 5) is 43.9. The number of carbonyl (C=O) groups excluding carboxylic acids is 2. The van der Waals surface area contributed by atoms with E-state index in [1.54, 1.807) is 37.4 Å². The first-order valence-electron chi connectivity index (χ1n) is 9.88. The predicted octanol–water partition coefficient (Wildman–Crippen LogP) is 1.74. The van der Waals surface area contributed by atoms with Gasteiger partial charge in [0.15, 0.2) is 11.5 Å². The van der Waals surface area contributed by atoms with Gasteiger partial charge in [-0.05, 0) is 49.2 Å². The Morgan fingerprint density at radius 1 is 1.06 bits per heavy atom. The van der Waals surface area contributed by atoms with Gasteiger partial charge in [0.1, 0.15) is 24.4 Å². The lowest BCUT2D eigenvalue weighted by atomic mass is 9.91. The van der Waals surface area contributed by atoms with Gasteiger partial charge in [-0.1, -0.05) is 6.07 Å². The van der Waals surface area contributed by atoms with Crippen LogP contribution in [0.25, 0.3) is 5.65 Å². The third kappa shape index (κ3) is 3.09. The number of urea groups is 1. The lowest BCUT2D eigenvalue weighted by Crippen LogP contribution is -2.41. The molecule has 0 bridgehead atoms. The number of ether oxygens (including phenoxy) is 2. The molecule has 1 unspecified atom stereocenters. The molecular formula is C22H20N4O5. The SMILES string of the molecule is Cc1ccn2c(=O)cc(CN3C(=O)NC(C)(c4ccc5c(c4)OCCO5)C3=O)nc2c1. The van der Waals surface area contributed by atoms with E-state index in [2.05, 4.69) is 10.3 Å². The van der Waals surface area contributed by atoms with Crippen LogP contribution in [0.4, 0.5) is 4.79 Å². The topological polar surface area (TPSA) is 102 Å². The normalized spacial score (nSPS) is 20.3. The Balaban J connectivity index is 1.47. The van der Waals surface area contributed by atoms with E-state index in [9.17, 15) is 14.4 Å². The summed E-state index contributed by atoms with van der Waals surface area (Å²) in [6.45, 7) is 4.32. The Labute approximate surface area is 177 Å². The van der Waals surface area contributed by atoms with E-state index in [-0.39, 0.29) is 12.1 Å². The number of amides is 3. The molecule has 3 aromatic rings. The number of nitrogens with one attached hydrogen (secondary N) is 1. The van der Waals surface area contributed by atoms with Crippen LogP contribution in [0, 0.1) is 6.92 Å². The molecule has 1 atom stereocenters. The molecule has 1 aromatic carbocycles. The number of fused-ring (bicyclic) bond motifs is 2. The Hall–Kier alpha value is -3.88. The fraction of sp³-hybridized carbons (Fsp3) is 0.273. The van der Waals surface area contributed by atoms with Crippen LogP contribution in [0.3, 0.4) is 0 Å². The maximum Gasteiger partial charge on any atom is 0.325 e. The fourth-order valence-electron chi connectivity index (χ4n) is 3.89. The Bertz CT molecular complexity index is 1300. The summed E-state index contributed by atoms with van der Waals surface area (Å²) < 4.78 is 12.6. The maximum atomic E-state index is 13.3. The van der Waals surface area contributed by atoms with Crippen LogP contribution >= 0.6 is 0 Å². The second-order valence-corrected chi connectivity index (χ2v) is 7.82. The van der Waals surface area contributed by atoms with Crippen LogP contribution in [0.1, 0.15) is 23.7 Å². The maximum absolute atomic E-state index is 13.3. The Morgan fingerprint density at radius 2 is 1.84 bits per heavy atom. The minimum atomic E-state index is -1.27. The van der Waals surface area contributed by atoms with Crippen molar-refractivity contribution >= 4 is 17.6 Å². The fourth-order valence-corrected chi connectivity index (χ4v) is 3.89. The van der Waals surface area contributed by atoms with Crippen molar-refractivity contribution in [1.29, 1.82) is 0 Å². The van der Waals surface area contributed by atoms with Gasteiger partial charge in [-0.3, -0.25) is 18.9 Å². The molecule has 9 heteroatoms. The van der Waals surface area contributed by atoms with Gasteiger partial charge in [0.05, 0.1) is 12.2 Å². The van der Waals surface area contributed by atoms with E-state index in [1.165, 1.54) is 10.5 Å². The monoisotopic (exact) mass is 420 g/mol. The second kappa shape index (κ2) is 6.83. The molecule has 31 heavy (non-hydrogen) atoms.